The third-order valence-corrected chi connectivity index (χ3v) is 7.37. The monoisotopic (exact) mass is 396 g/mol. The highest BCUT2D eigenvalue weighted by Crippen LogP contribution is 2.36. The van der Waals surface area contributed by atoms with Gasteiger partial charge in [0.2, 0.25) is 0 Å². The Labute approximate surface area is 174 Å². The van der Waals surface area contributed by atoms with Gasteiger partial charge >= 0.3 is 0 Å². The molecule has 28 heavy (non-hydrogen) atoms. The maximum atomic E-state index is 6.33. The van der Waals surface area contributed by atoms with Gasteiger partial charge in [-0.1, -0.05) is 27.7 Å². The molecule has 2 rings (SSSR count). The number of ether oxygens (including phenoxy) is 2. The largest absolute Gasteiger partial charge is 0.376 e. The molecule has 2 N–H and O–H groups in total. The van der Waals surface area contributed by atoms with Crippen LogP contribution < -0.4 is 10.6 Å². The molecule has 0 spiro atoms. The molecule has 0 amide bonds. The predicted molar refractivity (Wildman–Crippen MR) is 119 cm³/mol. The van der Waals surface area contributed by atoms with Gasteiger partial charge in [0.05, 0.1) is 25.4 Å². The summed E-state index contributed by atoms with van der Waals surface area (Å²) in [6.07, 6.45) is 4.86. The molecule has 166 valence electrons. The molecular weight excluding hydrogens is 348 g/mol. The van der Waals surface area contributed by atoms with Crippen molar-refractivity contribution < 1.29 is 9.47 Å². The lowest BCUT2D eigenvalue weighted by molar-refractivity contribution is -0.0837. The van der Waals surface area contributed by atoms with Crippen molar-refractivity contribution in [2.45, 2.75) is 129 Å². The van der Waals surface area contributed by atoms with Crippen molar-refractivity contribution in [3.8, 4) is 0 Å². The second-order valence-corrected chi connectivity index (χ2v) is 12.0. The third-order valence-electron chi connectivity index (χ3n) is 7.37. The molecule has 0 aromatic heterocycles. The molecule has 2 heterocycles. The van der Waals surface area contributed by atoms with Crippen molar-refractivity contribution in [3.05, 3.63) is 0 Å². The van der Waals surface area contributed by atoms with E-state index in [1.54, 1.807) is 0 Å². The van der Waals surface area contributed by atoms with E-state index in [-0.39, 0.29) is 22.2 Å². The Kier molecular flexibility index (Phi) is 7.34. The fourth-order valence-electron chi connectivity index (χ4n) is 5.40. The average Bonchev–Trinajstić information content (AvgIpc) is 2.47. The van der Waals surface area contributed by atoms with Gasteiger partial charge in [0, 0.05) is 22.2 Å². The summed E-state index contributed by atoms with van der Waals surface area (Å²) in [5, 5.41) is 7.70. The normalized spacial score (nSPS) is 38.1. The summed E-state index contributed by atoms with van der Waals surface area (Å²) in [5.41, 5.74) is 0.485. The van der Waals surface area contributed by atoms with Crippen molar-refractivity contribution in [1.82, 2.24) is 10.6 Å². The maximum Gasteiger partial charge on any atom is 0.0704 e. The fraction of sp³-hybridized carbons (Fsp3) is 1.00. The van der Waals surface area contributed by atoms with E-state index in [1.165, 1.54) is 0 Å². The maximum absolute atomic E-state index is 6.33. The van der Waals surface area contributed by atoms with Crippen molar-refractivity contribution >= 4 is 0 Å². The Morgan fingerprint density at radius 1 is 0.643 bits per heavy atom. The van der Waals surface area contributed by atoms with E-state index in [4.69, 9.17) is 9.47 Å². The molecule has 2 fully saturated rings. The molecule has 2 aliphatic rings. The van der Waals surface area contributed by atoms with Crippen LogP contribution in [-0.2, 0) is 9.47 Å². The van der Waals surface area contributed by atoms with Gasteiger partial charge in [0.15, 0.2) is 0 Å². The molecular formula is C24H48N2O2. The molecule has 4 nitrogen and oxygen atoms in total. The zero-order valence-electron chi connectivity index (χ0n) is 20.4. The summed E-state index contributed by atoms with van der Waals surface area (Å²) >= 11 is 0. The third kappa shape index (κ3) is 6.17. The summed E-state index contributed by atoms with van der Waals surface area (Å²) in [6, 6.07) is 0. The van der Waals surface area contributed by atoms with E-state index in [1.807, 2.05) is 0 Å². The predicted octanol–water partition coefficient (Wildman–Crippen LogP) is 4.91. The minimum absolute atomic E-state index is 0.112. The Morgan fingerprint density at radius 2 is 0.964 bits per heavy atom. The molecule has 4 atom stereocenters. The molecule has 0 saturated carbocycles. The van der Waals surface area contributed by atoms with Gasteiger partial charge in [-0.05, 0) is 79.1 Å². The van der Waals surface area contributed by atoms with Crippen LogP contribution in [-0.4, -0.2) is 47.6 Å². The molecule has 0 aromatic rings. The van der Waals surface area contributed by atoms with Crippen LogP contribution in [0.4, 0.5) is 0 Å². The van der Waals surface area contributed by atoms with E-state index < -0.39 is 0 Å². The fourth-order valence-corrected chi connectivity index (χ4v) is 5.40. The van der Waals surface area contributed by atoms with Crippen molar-refractivity contribution in [1.29, 1.82) is 0 Å². The molecule has 2 aliphatic heterocycles. The minimum Gasteiger partial charge on any atom is -0.376 e. The van der Waals surface area contributed by atoms with Crippen LogP contribution in [0, 0.1) is 11.8 Å². The minimum atomic E-state index is 0.112. The summed E-state index contributed by atoms with van der Waals surface area (Å²) in [7, 11) is 0. The molecule has 4 unspecified atom stereocenters. The Morgan fingerprint density at radius 3 is 1.25 bits per heavy atom. The lowest BCUT2D eigenvalue weighted by Crippen LogP contribution is -2.63. The smallest absolute Gasteiger partial charge is 0.0704 e. The quantitative estimate of drug-likeness (QED) is 0.600. The Hall–Kier alpha value is -0.160. The second-order valence-electron chi connectivity index (χ2n) is 12.0. The van der Waals surface area contributed by atoms with E-state index in [9.17, 15) is 0 Å². The highest BCUT2D eigenvalue weighted by Gasteiger charge is 2.44. The highest BCUT2D eigenvalue weighted by molar-refractivity contribution is 5.02. The number of nitrogens with one attached hydrogen (secondary N) is 2. The standard InChI is InChI=1S/C24H48N2O2/c1-17(2)23(9)15-19(13-21(5,6)25-23)27-11-12-28-20-14-22(7,8)26-24(10,16-20)18(3)4/h17-20,25-26H,11-16H2,1-10H3. The van der Waals surface area contributed by atoms with Gasteiger partial charge in [-0.3, -0.25) is 0 Å². The van der Waals surface area contributed by atoms with Crippen LogP contribution in [0.25, 0.3) is 0 Å². The number of hydrogen-bond donors (Lipinski definition) is 2. The zero-order chi connectivity index (χ0) is 21.4. The SMILES string of the molecule is CC(C)C1(C)CC(OCCOC2CC(C)(C)NC(C)(C(C)C)C2)CC(C)(C)N1. The Balaban J connectivity index is 1.85. The van der Waals surface area contributed by atoms with Crippen LogP contribution in [0.2, 0.25) is 0 Å². The van der Waals surface area contributed by atoms with Gasteiger partial charge < -0.3 is 20.1 Å². The van der Waals surface area contributed by atoms with Crippen LogP contribution in [0.5, 0.6) is 0 Å². The lowest BCUT2D eigenvalue weighted by Gasteiger charge is -2.50. The van der Waals surface area contributed by atoms with Gasteiger partial charge in [0.25, 0.3) is 0 Å². The van der Waals surface area contributed by atoms with Gasteiger partial charge in [-0.15, -0.1) is 0 Å². The Bertz CT molecular complexity index is 471. The first-order valence-electron chi connectivity index (χ1n) is 11.5. The summed E-state index contributed by atoms with van der Waals surface area (Å²) in [4.78, 5) is 0. The van der Waals surface area contributed by atoms with Crippen molar-refractivity contribution in [2.75, 3.05) is 13.2 Å². The molecule has 0 radical (unpaired) electrons. The van der Waals surface area contributed by atoms with E-state index >= 15 is 0 Å². The van der Waals surface area contributed by atoms with Crippen molar-refractivity contribution in [2.24, 2.45) is 11.8 Å². The highest BCUT2D eigenvalue weighted by atomic mass is 16.5. The summed E-state index contributed by atoms with van der Waals surface area (Å²) in [5.74, 6) is 1.17. The van der Waals surface area contributed by atoms with Crippen LogP contribution in [0.1, 0.15) is 94.9 Å². The molecule has 0 aliphatic carbocycles. The zero-order valence-corrected chi connectivity index (χ0v) is 20.4. The number of hydrogen-bond acceptors (Lipinski definition) is 4. The topological polar surface area (TPSA) is 42.5 Å². The van der Waals surface area contributed by atoms with E-state index in [2.05, 4.69) is 79.9 Å². The first-order chi connectivity index (χ1) is 12.7. The number of rotatable bonds is 7. The molecule has 0 aromatic carbocycles. The van der Waals surface area contributed by atoms with Crippen LogP contribution in [0.15, 0.2) is 0 Å². The van der Waals surface area contributed by atoms with Crippen LogP contribution >= 0.6 is 0 Å². The van der Waals surface area contributed by atoms with Gasteiger partial charge in [-0.25, -0.2) is 0 Å². The number of piperidine rings is 2. The lowest BCUT2D eigenvalue weighted by atomic mass is 9.74. The second kappa shape index (κ2) is 8.53. The average molecular weight is 397 g/mol. The van der Waals surface area contributed by atoms with Crippen LogP contribution in [0.3, 0.4) is 0 Å². The van der Waals surface area contributed by atoms with E-state index in [0.717, 1.165) is 25.7 Å². The first kappa shape index (κ1) is 24.1. The summed E-state index contributed by atoms with van der Waals surface area (Å²) in [6.45, 7) is 24.5. The van der Waals surface area contributed by atoms with Crippen molar-refractivity contribution in [3.63, 3.8) is 0 Å². The molecule has 4 heteroatoms. The summed E-state index contributed by atoms with van der Waals surface area (Å²) < 4.78 is 12.7. The van der Waals surface area contributed by atoms with E-state index in [0.29, 0.717) is 37.3 Å². The van der Waals surface area contributed by atoms with Gasteiger partial charge in [-0.2, -0.15) is 0 Å². The van der Waals surface area contributed by atoms with Gasteiger partial charge in [0.1, 0.15) is 0 Å². The molecule has 0 bridgehead atoms. The molecule has 2 saturated heterocycles. The first-order valence-corrected chi connectivity index (χ1v) is 11.5.